The van der Waals surface area contributed by atoms with Crippen molar-refractivity contribution in [3.63, 3.8) is 0 Å². The van der Waals surface area contributed by atoms with E-state index in [4.69, 9.17) is 15.0 Å². The Morgan fingerprint density at radius 1 is 1.21 bits per heavy atom. The van der Waals surface area contributed by atoms with Crippen LogP contribution in [0.3, 0.4) is 0 Å². The first kappa shape index (κ1) is 36.6. The Hall–Kier alpha value is 0.433. The number of carboxylic acid groups (broad SMARTS) is 2. The minimum atomic E-state index is -4.89. The molecule has 0 unspecified atom stereocenters. The molecule has 17 heteroatoms. The third-order valence-electron chi connectivity index (χ3n) is 3.67. The maximum atomic E-state index is 13.3. The number of hydrogen-bond donors (Lipinski definition) is 0. The maximum Gasteiger partial charge on any atom is 1.00 e. The van der Waals surface area contributed by atoms with E-state index in [1.807, 2.05) is 13.8 Å². The van der Waals surface area contributed by atoms with Gasteiger partial charge in [0.05, 0.1) is 5.56 Å². The number of aryl methyl sites for hydroxylation is 1. The van der Waals surface area contributed by atoms with Crippen LogP contribution < -0.4 is 122 Å². The van der Waals surface area contributed by atoms with Gasteiger partial charge < -0.3 is 25.0 Å². The zero-order valence-corrected chi connectivity index (χ0v) is 25.8. The monoisotopic (exact) mass is 567 g/mol. The molecule has 0 saturated carbocycles. The number of halogens is 6. The summed E-state index contributed by atoms with van der Waals surface area (Å²) in [5.74, 6) is -1.01. The van der Waals surface area contributed by atoms with Crippen LogP contribution in [0, 0.1) is 5.21 Å². The summed E-state index contributed by atoms with van der Waals surface area (Å²) in [5.41, 5.74) is -1.11. The number of aromatic nitrogens is 3. The Labute approximate surface area is 279 Å². The first-order valence-electron chi connectivity index (χ1n) is 8.59. The van der Waals surface area contributed by atoms with E-state index in [-0.39, 0.29) is 114 Å². The minimum absolute atomic E-state index is 0. The SMILES string of the molecule is CC(C)c1cc[n+]([O-])c(SCc2c(C(F)(F)F)nn(C)c2OCC(F)(F)F)c1.O=C([O-])[O-].[K+].[K+]. The fraction of sp³-hybridized carbons (Fsp3) is 0.471. The van der Waals surface area contributed by atoms with Crippen molar-refractivity contribution < 1.29 is 154 Å². The van der Waals surface area contributed by atoms with Gasteiger partial charge in [0.25, 0.3) is 5.03 Å². The molecule has 0 saturated heterocycles. The molecule has 0 amide bonds. The number of ether oxygens (including phenoxy) is 1. The molecule has 0 N–H and O–H groups in total. The largest absolute Gasteiger partial charge is 1.00 e. The van der Waals surface area contributed by atoms with Gasteiger partial charge in [0, 0.05) is 24.9 Å². The third-order valence-corrected chi connectivity index (χ3v) is 4.70. The second-order valence-corrected chi connectivity index (χ2v) is 7.47. The summed E-state index contributed by atoms with van der Waals surface area (Å²) in [7, 11) is 1.06. The summed E-state index contributed by atoms with van der Waals surface area (Å²) in [5, 5.41) is 32.0. The summed E-state index contributed by atoms with van der Waals surface area (Å²) >= 11 is 0.759. The van der Waals surface area contributed by atoms with Gasteiger partial charge in [0.2, 0.25) is 5.88 Å². The minimum Gasteiger partial charge on any atom is -0.652 e. The van der Waals surface area contributed by atoms with Gasteiger partial charge in [-0.25, -0.2) is 4.68 Å². The van der Waals surface area contributed by atoms with Crippen molar-refractivity contribution in [2.75, 3.05) is 6.61 Å². The van der Waals surface area contributed by atoms with Gasteiger partial charge in [0.15, 0.2) is 18.5 Å². The molecule has 8 nitrogen and oxygen atoms in total. The second-order valence-electron chi connectivity index (χ2n) is 6.48. The molecule has 180 valence electrons. The quantitative estimate of drug-likeness (QED) is 0.115. The molecule has 0 bridgehead atoms. The predicted octanol–water partition coefficient (Wildman–Crippen LogP) is -4.01. The molecule has 2 rings (SSSR count). The van der Waals surface area contributed by atoms with Crippen LogP contribution in [0.1, 0.15) is 36.6 Å². The number of rotatable bonds is 6. The van der Waals surface area contributed by atoms with E-state index in [2.05, 4.69) is 9.84 Å². The average Bonchev–Trinajstić information content (AvgIpc) is 2.94. The molecule has 0 fully saturated rings. The van der Waals surface area contributed by atoms with Crippen molar-refractivity contribution in [3.05, 3.63) is 40.4 Å². The molecule has 34 heavy (non-hydrogen) atoms. The number of hydrogen-bond acceptors (Lipinski definition) is 7. The first-order valence-corrected chi connectivity index (χ1v) is 9.58. The van der Waals surface area contributed by atoms with Gasteiger partial charge >= 0.3 is 115 Å². The summed E-state index contributed by atoms with van der Waals surface area (Å²) in [6.07, 6.45) is -10.7. The first-order chi connectivity index (χ1) is 14.5. The molecule has 0 aliphatic carbocycles. The van der Waals surface area contributed by atoms with Crippen LogP contribution in [0.2, 0.25) is 0 Å². The van der Waals surface area contributed by atoms with Crippen LogP contribution in [0.4, 0.5) is 31.1 Å². The molecule has 0 aliphatic rings. The van der Waals surface area contributed by atoms with Crippen LogP contribution in [0.15, 0.2) is 23.4 Å². The molecule has 0 radical (unpaired) electrons. The molecule has 2 heterocycles. The Balaban J connectivity index is 0. The number of nitrogens with zero attached hydrogens (tertiary/aromatic N) is 3. The Morgan fingerprint density at radius 3 is 2.18 bits per heavy atom. The van der Waals surface area contributed by atoms with Gasteiger partial charge in [0.1, 0.15) is 0 Å². The van der Waals surface area contributed by atoms with Crippen LogP contribution in [0.5, 0.6) is 5.88 Å². The molecule has 0 aliphatic heterocycles. The van der Waals surface area contributed by atoms with Gasteiger partial charge in [-0.05, 0) is 17.6 Å². The maximum absolute atomic E-state index is 13.3. The van der Waals surface area contributed by atoms with Gasteiger partial charge in [-0.3, -0.25) is 0 Å². The zero-order chi connectivity index (χ0) is 24.9. The summed E-state index contributed by atoms with van der Waals surface area (Å²) in [6, 6.07) is 3.12. The normalized spacial score (nSPS) is 11.1. The van der Waals surface area contributed by atoms with Crippen LogP contribution in [-0.2, 0) is 19.0 Å². The van der Waals surface area contributed by atoms with Crippen LogP contribution >= 0.6 is 11.8 Å². The molecule has 0 spiro atoms. The number of pyridine rings is 1. The molecule has 0 aromatic carbocycles. The van der Waals surface area contributed by atoms with E-state index in [0.717, 1.165) is 24.4 Å². The van der Waals surface area contributed by atoms with Crippen molar-refractivity contribution in [3.8, 4) is 5.88 Å². The van der Waals surface area contributed by atoms with Crippen LogP contribution in [0.25, 0.3) is 0 Å². The van der Waals surface area contributed by atoms with Crippen molar-refractivity contribution in [1.29, 1.82) is 0 Å². The van der Waals surface area contributed by atoms with E-state index in [1.54, 1.807) is 6.07 Å². The average molecular weight is 568 g/mol. The second kappa shape index (κ2) is 15.6. The molecular formula is C17H17F6K2N3O5S. The Bertz CT molecular complexity index is 938. The van der Waals surface area contributed by atoms with E-state index in [0.29, 0.717) is 9.41 Å². The molecule has 2 aromatic rings. The van der Waals surface area contributed by atoms with E-state index >= 15 is 0 Å². The fourth-order valence-corrected chi connectivity index (χ4v) is 3.29. The van der Waals surface area contributed by atoms with Crippen LogP contribution in [-0.4, -0.2) is 28.7 Å². The third kappa shape index (κ3) is 12.6. The Morgan fingerprint density at radius 2 is 1.74 bits per heavy atom. The van der Waals surface area contributed by atoms with Crippen molar-refractivity contribution in [2.24, 2.45) is 7.05 Å². The Kier molecular flexibility index (Phi) is 16.8. The van der Waals surface area contributed by atoms with E-state index in [1.165, 1.54) is 12.3 Å². The molecule has 0 atom stereocenters. The van der Waals surface area contributed by atoms with Crippen molar-refractivity contribution in [2.45, 2.75) is 42.9 Å². The fourth-order valence-electron chi connectivity index (χ4n) is 2.33. The standard InChI is InChI=1S/C16H17F6N3O2S.CH2O3.2K/c1-9(2)10-4-5-25(26)12(6-10)28-7-11-13(16(20,21)22)23-24(3)14(11)27-8-15(17,18)19;2-1(3)4;;/h4-6,9H,7-8H2,1-3H3;(H2,2,3,4);;/q;;2*+1/p-2. The van der Waals surface area contributed by atoms with E-state index < -0.39 is 48.0 Å². The number of carbonyl (C=O) groups is 1. The topological polar surface area (TPSA) is 117 Å². The molecular weight excluding hydrogens is 550 g/mol. The smallest absolute Gasteiger partial charge is 0.652 e. The summed E-state index contributed by atoms with van der Waals surface area (Å²) in [6.45, 7) is 2.00. The van der Waals surface area contributed by atoms with Crippen molar-refractivity contribution in [1.82, 2.24) is 9.78 Å². The van der Waals surface area contributed by atoms with Crippen molar-refractivity contribution >= 4 is 17.9 Å². The predicted molar refractivity (Wildman–Crippen MR) is 94.2 cm³/mol. The van der Waals surface area contributed by atoms with Gasteiger partial charge in [-0.15, -0.1) is 0 Å². The number of thioether (sulfide) groups is 1. The summed E-state index contributed by atoms with van der Waals surface area (Å²) in [4.78, 5) is 8.33. The van der Waals surface area contributed by atoms with Gasteiger partial charge in [-0.2, -0.15) is 36.2 Å². The van der Waals surface area contributed by atoms with Gasteiger partial charge in [-0.1, -0.05) is 25.6 Å². The zero-order valence-electron chi connectivity index (χ0n) is 18.8. The van der Waals surface area contributed by atoms with E-state index in [9.17, 15) is 31.5 Å². The number of carbonyl (C=O) groups excluding carboxylic acids is 1. The molecule has 2 aromatic heterocycles. The summed E-state index contributed by atoms with van der Waals surface area (Å²) < 4.78 is 82.8. The number of alkyl halides is 6.